The number of ketones is 1. The van der Waals surface area contributed by atoms with E-state index in [1.807, 2.05) is 0 Å². The molecule has 2 aliphatic carbocycles. The van der Waals surface area contributed by atoms with E-state index in [4.69, 9.17) is 11.3 Å². The molecule has 0 heterocycles. The van der Waals surface area contributed by atoms with Gasteiger partial charge in [0.15, 0.2) is 5.69 Å². The molecule has 0 spiro atoms. The van der Waals surface area contributed by atoms with Gasteiger partial charge in [-0.2, -0.15) is 26.3 Å². The highest BCUT2D eigenvalue weighted by Gasteiger charge is 2.88. The van der Waals surface area contributed by atoms with Gasteiger partial charge in [-0.05, 0) is 24.3 Å². The molecule has 4 rings (SSSR count). The summed E-state index contributed by atoms with van der Waals surface area (Å²) in [7, 11) is 0. The maximum Gasteiger partial charge on any atom is 0.353 e. The lowest BCUT2D eigenvalue weighted by Gasteiger charge is -2.33. The van der Waals surface area contributed by atoms with Gasteiger partial charge < -0.3 is 9.84 Å². The van der Waals surface area contributed by atoms with Crippen LogP contribution >= 0.6 is 0 Å². The molecule has 2 aromatic rings. The van der Waals surface area contributed by atoms with Crippen molar-refractivity contribution in [3.05, 3.63) is 64.3 Å². The smallest absolute Gasteiger partial charge is 0.353 e. The highest BCUT2D eigenvalue weighted by atomic mass is 19.3. The molecule has 0 aliphatic heterocycles. The molecule has 2 aliphatic rings. The molecule has 0 radical (unpaired) electrons. The summed E-state index contributed by atoms with van der Waals surface area (Å²) < 4.78 is 104. The third kappa shape index (κ3) is 1.99. The fourth-order valence-electron chi connectivity index (χ4n) is 3.56. The van der Waals surface area contributed by atoms with E-state index in [1.54, 1.807) is 0 Å². The normalized spacial score (nSPS) is 24.9. The third-order valence-electron chi connectivity index (χ3n) is 4.90. The SMILES string of the molecule is [C-]#[N+]c1cc(F)cc(Oc2ccc3c4c2C(=O)C(F)(F)C4(O)C(F)(F)C3(F)F)c1. The summed E-state index contributed by atoms with van der Waals surface area (Å²) in [6.07, 6.45) is 0. The zero-order chi connectivity index (χ0) is 21.6. The van der Waals surface area contributed by atoms with E-state index >= 15 is 0 Å². The zero-order valence-corrected chi connectivity index (χ0v) is 13.7. The van der Waals surface area contributed by atoms with Crippen LogP contribution in [0.1, 0.15) is 21.5 Å². The van der Waals surface area contributed by atoms with Gasteiger partial charge in [0.25, 0.3) is 0 Å². The maximum absolute atomic E-state index is 14.4. The average molecular weight is 417 g/mol. The van der Waals surface area contributed by atoms with Crippen molar-refractivity contribution in [3.63, 3.8) is 0 Å². The summed E-state index contributed by atoms with van der Waals surface area (Å²) in [5.74, 6) is -20.8. The summed E-state index contributed by atoms with van der Waals surface area (Å²) in [5, 5.41) is 10.0. The molecule has 29 heavy (non-hydrogen) atoms. The third-order valence-corrected chi connectivity index (χ3v) is 4.90. The lowest BCUT2D eigenvalue weighted by molar-refractivity contribution is -0.327. The first-order valence-corrected chi connectivity index (χ1v) is 7.75. The number of benzene rings is 2. The summed E-state index contributed by atoms with van der Waals surface area (Å²) in [6, 6.07) is 3.33. The van der Waals surface area contributed by atoms with E-state index < -0.39 is 63.2 Å². The van der Waals surface area contributed by atoms with Crippen LogP contribution in [-0.2, 0) is 11.5 Å². The van der Waals surface area contributed by atoms with Crippen molar-refractivity contribution < 1.29 is 45.4 Å². The Morgan fingerprint density at radius 1 is 1.00 bits per heavy atom. The lowest BCUT2D eigenvalue weighted by Crippen LogP contribution is -2.59. The fraction of sp³-hybridized carbons (Fsp3) is 0.222. The second-order valence-electron chi connectivity index (χ2n) is 6.48. The Morgan fingerprint density at radius 3 is 2.28 bits per heavy atom. The number of Topliss-reactive ketones (excluding diaryl/α,β-unsaturated/α-hetero) is 1. The van der Waals surface area contributed by atoms with Crippen LogP contribution in [0.3, 0.4) is 0 Å². The first-order chi connectivity index (χ1) is 13.3. The van der Waals surface area contributed by atoms with Crippen LogP contribution in [0.25, 0.3) is 4.85 Å². The number of nitrogens with zero attached hydrogens (tertiary/aromatic N) is 1. The van der Waals surface area contributed by atoms with Crippen LogP contribution in [0.15, 0.2) is 30.3 Å². The van der Waals surface area contributed by atoms with E-state index in [-0.39, 0.29) is 5.69 Å². The summed E-state index contributed by atoms with van der Waals surface area (Å²) >= 11 is 0. The molecule has 0 bridgehead atoms. The van der Waals surface area contributed by atoms with Gasteiger partial charge in [-0.15, -0.1) is 0 Å². The Balaban J connectivity index is 1.97. The van der Waals surface area contributed by atoms with Crippen LogP contribution in [0.5, 0.6) is 11.5 Å². The molecule has 0 fully saturated rings. The molecule has 1 N–H and O–H groups in total. The number of rotatable bonds is 2. The standard InChI is InChI=1S/C18H6F7NO3/c1-26-8-4-7(19)5-9(6-8)29-11-3-2-10-13-12(11)14(27)17(22,23)15(13,28)18(24,25)16(10,20)21/h2-6,28H. The second-order valence-corrected chi connectivity index (χ2v) is 6.48. The van der Waals surface area contributed by atoms with Gasteiger partial charge in [-0.3, -0.25) is 4.79 Å². The number of carbonyl (C=O) groups excluding carboxylic acids is 1. The molecule has 4 nitrogen and oxygen atoms in total. The van der Waals surface area contributed by atoms with E-state index in [2.05, 4.69) is 4.85 Å². The van der Waals surface area contributed by atoms with Crippen molar-refractivity contribution in [2.45, 2.75) is 23.4 Å². The second kappa shape index (κ2) is 5.27. The van der Waals surface area contributed by atoms with Crippen molar-refractivity contribution in [3.8, 4) is 11.5 Å². The first-order valence-electron chi connectivity index (χ1n) is 7.75. The fourth-order valence-corrected chi connectivity index (χ4v) is 3.56. The Bertz CT molecular complexity index is 1140. The van der Waals surface area contributed by atoms with Crippen molar-refractivity contribution in [2.75, 3.05) is 0 Å². The van der Waals surface area contributed by atoms with Gasteiger partial charge in [-0.1, -0.05) is 0 Å². The van der Waals surface area contributed by atoms with E-state index in [9.17, 15) is 40.6 Å². The van der Waals surface area contributed by atoms with Crippen LogP contribution in [0.2, 0.25) is 0 Å². The number of aliphatic hydroxyl groups is 1. The first kappa shape index (κ1) is 19.2. The van der Waals surface area contributed by atoms with Crippen molar-refractivity contribution >= 4 is 11.5 Å². The Morgan fingerprint density at radius 2 is 1.66 bits per heavy atom. The van der Waals surface area contributed by atoms with Crippen LogP contribution in [-0.4, -0.2) is 22.7 Å². The molecule has 0 aromatic heterocycles. The van der Waals surface area contributed by atoms with Gasteiger partial charge in [0.05, 0.1) is 12.1 Å². The molecular weight excluding hydrogens is 411 g/mol. The minimum absolute atomic E-state index is 0.274. The average Bonchev–Trinajstić information content (AvgIpc) is 2.87. The molecule has 2 aromatic carbocycles. The molecular formula is C18H6F7NO3. The molecule has 0 saturated heterocycles. The maximum atomic E-state index is 14.4. The Hall–Kier alpha value is -3.13. The topological polar surface area (TPSA) is 50.9 Å². The molecule has 0 amide bonds. The van der Waals surface area contributed by atoms with Gasteiger partial charge in [0.1, 0.15) is 17.3 Å². The zero-order valence-electron chi connectivity index (χ0n) is 13.7. The lowest BCUT2D eigenvalue weighted by atomic mass is 9.91. The van der Waals surface area contributed by atoms with E-state index in [0.717, 1.165) is 12.1 Å². The molecule has 1 unspecified atom stereocenters. The number of alkyl halides is 6. The predicted octanol–water partition coefficient (Wildman–Crippen LogP) is 4.93. The number of ether oxygens (including phenoxy) is 1. The quantitative estimate of drug-likeness (QED) is 0.557. The minimum atomic E-state index is -5.69. The van der Waals surface area contributed by atoms with Crippen molar-refractivity contribution in [1.82, 2.24) is 0 Å². The largest absolute Gasteiger partial charge is 0.458 e. The summed E-state index contributed by atoms with van der Waals surface area (Å²) in [4.78, 5) is 15.1. The van der Waals surface area contributed by atoms with Gasteiger partial charge in [0, 0.05) is 17.2 Å². The number of carbonyl (C=O) groups is 1. The Kier molecular flexibility index (Phi) is 3.49. The predicted molar refractivity (Wildman–Crippen MR) is 81.2 cm³/mol. The Labute approximate surface area is 156 Å². The highest BCUT2D eigenvalue weighted by molar-refractivity contribution is 6.10. The van der Waals surface area contributed by atoms with Crippen LogP contribution in [0.4, 0.5) is 36.4 Å². The summed E-state index contributed by atoms with van der Waals surface area (Å²) in [6.45, 7) is 6.85. The van der Waals surface area contributed by atoms with Crippen molar-refractivity contribution in [2.24, 2.45) is 0 Å². The number of hydrogen-bond donors (Lipinski definition) is 1. The van der Waals surface area contributed by atoms with Crippen LogP contribution < -0.4 is 4.74 Å². The highest BCUT2D eigenvalue weighted by Crippen LogP contribution is 2.69. The summed E-state index contributed by atoms with van der Waals surface area (Å²) in [5.41, 5.74) is -9.70. The van der Waals surface area contributed by atoms with Gasteiger partial charge in [-0.25, -0.2) is 9.24 Å². The van der Waals surface area contributed by atoms with Gasteiger partial charge in [0.2, 0.25) is 11.4 Å². The molecule has 0 saturated carbocycles. The minimum Gasteiger partial charge on any atom is -0.458 e. The molecule has 1 atom stereocenters. The molecule has 150 valence electrons. The van der Waals surface area contributed by atoms with Gasteiger partial charge >= 0.3 is 17.8 Å². The number of halogens is 7. The van der Waals surface area contributed by atoms with E-state index in [0.29, 0.717) is 18.2 Å². The number of hydrogen-bond acceptors (Lipinski definition) is 3. The molecule has 11 heteroatoms. The monoisotopic (exact) mass is 417 g/mol. The van der Waals surface area contributed by atoms with Crippen molar-refractivity contribution in [1.29, 1.82) is 0 Å². The van der Waals surface area contributed by atoms with E-state index in [1.165, 1.54) is 0 Å². The van der Waals surface area contributed by atoms with Crippen LogP contribution in [0, 0.1) is 12.4 Å².